The second-order valence-electron chi connectivity index (χ2n) is 6.88. The Kier molecular flexibility index (Phi) is 3.66. The predicted octanol–water partition coefficient (Wildman–Crippen LogP) is 3.44. The minimum absolute atomic E-state index is 0.0329. The van der Waals surface area contributed by atoms with Crippen LogP contribution in [-0.4, -0.2) is 21.8 Å². The van der Waals surface area contributed by atoms with Gasteiger partial charge in [0.1, 0.15) is 5.01 Å². The summed E-state index contributed by atoms with van der Waals surface area (Å²) in [5, 5.41) is 9.22. The van der Waals surface area contributed by atoms with Crippen molar-refractivity contribution in [1.29, 1.82) is 0 Å². The van der Waals surface area contributed by atoms with Crippen LogP contribution in [0.15, 0.2) is 6.20 Å². The molecule has 0 radical (unpaired) electrons. The third-order valence-corrected chi connectivity index (χ3v) is 5.31. The third-order valence-electron chi connectivity index (χ3n) is 4.07. The van der Waals surface area contributed by atoms with Gasteiger partial charge >= 0.3 is 0 Å². The molecule has 1 aliphatic rings. The van der Waals surface area contributed by atoms with Crippen LogP contribution in [0.5, 0.6) is 0 Å². The van der Waals surface area contributed by atoms with Crippen molar-refractivity contribution >= 4 is 11.3 Å². The molecule has 0 fully saturated rings. The molecule has 0 bridgehead atoms. The van der Waals surface area contributed by atoms with Crippen LogP contribution in [0, 0.1) is 0 Å². The number of thiazole rings is 1. The van der Waals surface area contributed by atoms with Gasteiger partial charge in [0.15, 0.2) is 0 Å². The van der Waals surface area contributed by atoms with Gasteiger partial charge in [0.05, 0.1) is 17.0 Å². The lowest BCUT2D eigenvalue weighted by Gasteiger charge is -2.20. The standard InChI is InChI=1S/C16H24N4S/c1-16(2,3)14-10(9-20(5)19-14)15-18-12-8-6-7-11(17-4)13(12)21-15/h9,11,17H,6-8H2,1-5H3. The van der Waals surface area contributed by atoms with E-state index in [1.165, 1.54) is 29.0 Å². The molecule has 0 aromatic carbocycles. The third kappa shape index (κ3) is 2.64. The fraction of sp³-hybridized carbons (Fsp3) is 0.625. The van der Waals surface area contributed by atoms with E-state index in [2.05, 4.69) is 37.4 Å². The zero-order chi connectivity index (χ0) is 15.2. The summed E-state index contributed by atoms with van der Waals surface area (Å²) >= 11 is 1.84. The molecular formula is C16H24N4S. The normalized spacial score (nSPS) is 18.8. The molecule has 2 heterocycles. The van der Waals surface area contributed by atoms with Crippen LogP contribution in [0.2, 0.25) is 0 Å². The Balaban J connectivity index is 2.08. The molecule has 1 aliphatic carbocycles. The molecule has 5 heteroatoms. The molecule has 1 atom stereocenters. The molecule has 0 saturated carbocycles. The average Bonchev–Trinajstić information content (AvgIpc) is 3.00. The lowest BCUT2D eigenvalue weighted by atomic mass is 9.90. The van der Waals surface area contributed by atoms with Gasteiger partial charge in [-0.15, -0.1) is 11.3 Å². The van der Waals surface area contributed by atoms with E-state index in [0.717, 1.165) is 17.1 Å². The van der Waals surface area contributed by atoms with Gasteiger partial charge in [0, 0.05) is 29.6 Å². The fourth-order valence-corrected chi connectivity index (χ4v) is 4.28. The van der Waals surface area contributed by atoms with E-state index in [-0.39, 0.29) is 5.41 Å². The van der Waals surface area contributed by atoms with Crippen molar-refractivity contribution in [2.24, 2.45) is 7.05 Å². The van der Waals surface area contributed by atoms with Crippen molar-refractivity contribution in [2.45, 2.75) is 51.5 Å². The molecule has 114 valence electrons. The van der Waals surface area contributed by atoms with Gasteiger partial charge in [-0.2, -0.15) is 5.10 Å². The molecule has 0 amide bonds. The Morgan fingerprint density at radius 2 is 2.14 bits per heavy atom. The SMILES string of the molecule is CNC1CCCc2nc(-c3cn(C)nc3C(C)(C)C)sc21. The van der Waals surface area contributed by atoms with Crippen molar-refractivity contribution in [1.82, 2.24) is 20.1 Å². The van der Waals surface area contributed by atoms with E-state index in [1.54, 1.807) is 0 Å². The predicted molar refractivity (Wildman–Crippen MR) is 87.8 cm³/mol. The first kappa shape index (κ1) is 14.7. The number of fused-ring (bicyclic) bond motifs is 1. The molecule has 0 aliphatic heterocycles. The number of aryl methyl sites for hydroxylation is 2. The molecule has 2 aromatic rings. The summed E-state index contributed by atoms with van der Waals surface area (Å²) in [6.07, 6.45) is 5.65. The molecule has 21 heavy (non-hydrogen) atoms. The summed E-state index contributed by atoms with van der Waals surface area (Å²) in [7, 11) is 4.03. The second kappa shape index (κ2) is 5.21. The maximum Gasteiger partial charge on any atom is 0.127 e. The number of nitrogens with one attached hydrogen (secondary N) is 1. The summed E-state index contributed by atoms with van der Waals surface area (Å²) in [4.78, 5) is 6.35. The highest BCUT2D eigenvalue weighted by atomic mass is 32.1. The maximum atomic E-state index is 4.93. The first-order valence-corrected chi connectivity index (χ1v) is 8.43. The minimum atomic E-state index is 0.0329. The highest BCUT2D eigenvalue weighted by Gasteiger charge is 2.28. The summed E-state index contributed by atoms with van der Waals surface area (Å²) in [5.41, 5.74) is 3.64. The Labute approximate surface area is 130 Å². The van der Waals surface area contributed by atoms with Crippen LogP contribution in [-0.2, 0) is 18.9 Å². The number of rotatable bonds is 2. The van der Waals surface area contributed by atoms with Crippen LogP contribution < -0.4 is 5.32 Å². The van der Waals surface area contributed by atoms with Crippen LogP contribution in [0.3, 0.4) is 0 Å². The van der Waals surface area contributed by atoms with Crippen molar-refractivity contribution in [3.8, 4) is 10.6 Å². The molecule has 0 spiro atoms. The van der Waals surface area contributed by atoms with Gasteiger partial charge in [-0.05, 0) is 26.3 Å². The number of hydrogen-bond donors (Lipinski definition) is 1. The van der Waals surface area contributed by atoms with E-state index >= 15 is 0 Å². The highest BCUT2D eigenvalue weighted by Crippen LogP contribution is 2.40. The number of hydrogen-bond acceptors (Lipinski definition) is 4. The molecule has 1 unspecified atom stereocenters. The number of aromatic nitrogens is 3. The molecule has 4 nitrogen and oxygen atoms in total. The Hall–Kier alpha value is -1.20. The minimum Gasteiger partial charge on any atom is -0.312 e. The highest BCUT2D eigenvalue weighted by molar-refractivity contribution is 7.15. The van der Waals surface area contributed by atoms with Gasteiger partial charge in [0.25, 0.3) is 0 Å². The van der Waals surface area contributed by atoms with Gasteiger partial charge in [-0.3, -0.25) is 4.68 Å². The molecule has 0 saturated heterocycles. The Morgan fingerprint density at radius 1 is 1.38 bits per heavy atom. The van der Waals surface area contributed by atoms with Crippen molar-refractivity contribution < 1.29 is 0 Å². The molecule has 3 rings (SSSR count). The largest absolute Gasteiger partial charge is 0.312 e. The summed E-state index contributed by atoms with van der Waals surface area (Å²) in [6, 6.07) is 0.467. The summed E-state index contributed by atoms with van der Waals surface area (Å²) < 4.78 is 1.91. The zero-order valence-electron chi connectivity index (χ0n) is 13.5. The van der Waals surface area contributed by atoms with Gasteiger partial charge in [-0.1, -0.05) is 20.8 Å². The van der Waals surface area contributed by atoms with Gasteiger partial charge in [-0.25, -0.2) is 4.98 Å². The Morgan fingerprint density at radius 3 is 2.81 bits per heavy atom. The van der Waals surface area contributed by atoms with E-state index in [1.807, 2.05) is 30.1 Å². The van der Waals surface area contributed by atoms with Crippen molar-refractivity contribution in [3.63, 3.8) is 0 Å². The van der Waals surface area contributed by atoms with E-state index < -0.39 is 0 Å². The van der Waals surface area contributed by atoms with Crippen LogP contribution in [0.4, 0.5) is 0 Å². The summed E-state index contributed by atoms with van der Waals surface area (Å²) in [5.74, 6) is 0. The lowest BCUT2D eigenvalue weighted by Crippen LogP contribution is -2.19. The maximum absolute atomic E-state index is 4.93. The van der Waals surface area contributed by atoms with Crippen molar-refractivity contribution in [2.75, 3.05) is 7.05 Å². The zero-order valence-corrected chi connectivity index (χ0v) is 14.3. The van der Waals surface area contributed by atoms with Crippen LogP contribution in [0.25, 0.3) is 10.6 Å². The van der Waals surface area contributed by atoms with Crippen LogP contribution >= 0.6 is 11.3 Å². The topological polar surface area (TPSA) is 42.7 Å². The van der Waals surface area contributed by atoms with Crippen molar-refractivity contribution in [3.05, 3.63) is 22.5 Å². The van der Waals surface area contributed by atoms with E-state index in [9.17, 15) is 0 Å². The number of nitrogens with zero attached hydrogens (tertiary/aromatic N) is 3. The first-order valence-electron chi connectivity index (χ1n) is 7.61. The monoisotopic (exact) mass is 304 g/mol. The summed E-state index contributed by atoms with van der Waals surface area (Å²) in [6.45, 7) is 6.63. The van der Waals surface area contributed by atoms with E-state index in [4.69, 9.17) is 4.98 Å². The van der Waals surface area contributed by atoms with E-state index in [0.29, 0.717) is 6.04 Å². The quantitative estimate of drug-likeness (QED) is 0.924. The molecule has 2 aromatic heterocycles. The average molecular weight is 304 g/mol. The lowest BCUT2D eigenvalue weighted by molar-refractivity contribution is 0.501. The Bertz CT molecular complexity index is 648. The van der Waals surface area contributed by atoms with Crippen LogP contribution in [0.1, 0.15) is 55.9 Å². The molecule has 1 N–H and O–H groups in total. The van der Waals surface area contributed by atoms with Gasteiger partial charge < -0.3 is 5.32 Å². The fourth-order valence-electron chi connectivity index (χ4n) is 3.01. The smallest absolute Gasteiger partial charge is 0.127 e. The second-order valence-corrected chi connectivity index (χ2v) is 7.91. The van der Waals surface area contributed by atoms with Gasteiger partial charge in [0.2, 0.25) is 0 Å². The molecular weight excluding hydrogens is 280 g/mol. The first-order chi connectivity index (χ1) is 9.90.